The second-order valence-electron chi connectivity index (χ2n) is 5.42. The van der Waals surface area contributed by atoms with Crippen LogP contribution in [0.4, 0.5) is 5.69 Å². The van der Waals surface area contributed by atoms with Gasteiger partial charge in [-0.2, -0.15) is 0 Å². The number of carbonyl (C=O) groups excluding carboxylic acids is 1. The predicted octanol–water partition coefficient (Wildman–Crippen LogP) is 4.04. The Balaban J connectivity index is 0.000000342. The van der Waals surface area contributed by atoms with Crippen molar-refractivity contribution in [1.82, 2.24) is 4.90 Å². The van der Waals surface area contributed by atoms with Crippen LogP contribution in [0.5, 0.6) is 0 Å². The van der Waals surface area contributed by atoms with Gasteiger partial charge in [0.25, 0.3) is 0 Å². The molecule has 0 radical (unpaired) electrons. The lowest BCUT2D eigenvalue weighted by molar-refractivity contribution is -0.0979. The Morgan fingerprint density at radius 1 is 1.10 bits per heavy atom. The fraction of sp³-hybridized carbons (Fsp3) is 0.611. The lowest BCUT2D eigenvalue weighted by atomic mass is 10.1. The highest BCUT2D eigenvalue weighted by Crippen LogP contribution is 2.17. The third-order valence-corrected chi connectivity index (χ3v) is 3.72. The standard InChI is InChI=1S/C9H13N.C8H17N.CH2O/c1-7-5-4-6-8(2)9(7)10-3;1-2-6-9-7-4-3-5-8-9;1-2/h4-6,10H,1-3H3;2-8H2,1H3;1H2. The molecule has 0 aliphatic carbocycles. The summed E-state index contributed by atoms with van der Waals surface area (Å²) in [6, 6.07) is 6.29. The van der Waals surface area contributed by atoms with Crippen LogP contribution in [-0.2, 0) is 4.79 Å². The summed E-state index contributed by atoms with van der Waals surface area (Å²) in [5, 5.41) is 3.16. The number of hydrogen-bond acceptors (Lipinski definition) is 3. The quantitative estimate of drug-likeness (QED) is 0.912. The van der Waals surface area contributed by atoms with Crippen molar-refractivity contribution in [3.05, 3.63) is 29.3 Å². The second kappa shape index (κ2) is 12.4. The molecule has 1 saturated heterocycles. The summed E-state index contributed by atoms with van der Waals surface area (Å²) in [4.78, 5) is 10.6. The summed E-state index contributed by atoms with van der Waals surface area (Å²) in [6.45, 7) is 12.5. The van der Waals surface area contributed by atoms with Gasteiger partial charge in [0.1, 0.15) is 6.79 Å². The number of aryl methyl sites for hydroxylation is 2. The number of nitrogens with one attached hydrogen (secondary N) is 1. The van der Waals surface area contributed by atoms with Gasteiger partial charge in [-0.25, -0.2) is 0 Å². The molecule has 120 valence electrons. The predicted molar refractivity (Wildman–Crippen MR) is 93.2 cm³/mol. The van der Waals surface area contributed by atoms with E-state index in [1.54, 1.807) is 0 Å². The van der Waals surface area contributed by atoms with E-state index < -0.39 is 0 Å². The van der Waals surface area contributed by atoms with Crippen LogP contribution in [-0.4, -0.2) is 38.4 Å². The molecule has 0 unspecified atom stereocenters. The molecule has 0 amide bonds. The molecule has 1 aromatic rings. The SMILES string of the molecule is C=O.CCCN1CCCCC1.CNc1c(C)cccc1C. The van der Waals surface area contributed by atoms with Crippen molar-refractivity contribution in [2.24, 2.45) is 0 Å². The van der Waals surface area contributed by atoms with Crippen LogP contribution in [0, 0.1) is 13.8 Å². The number of carbonyl (C=O) groups is 1. The maximum Gasteiger partial charge on any atom is 0.106 e. The van der Waals surface area contributed by atoms with E-state index >= 15 is 0 Å². The van der Waals surface area contributed by atoms with Gasteiger partial charge >= 0.3 is 0 Å². The molecule has 0 spiro atoms. The van der Waals surface area contributed by atoms with Crippen LogP contribution < -0.4 is 5.32 Å². The molecule has 1 heterocycles. The number of nitrogens with zero attached hydrogens (tertiary/aromatic N) is 1. The molecule has 0 aromatic heterocycles. The Morgan fingerprint density at radius 3 is 2.00 bits per heavy atom. The Labute approximate surface area is 130 Å². The van der Waals surface area contributed by atoms with Gasteiger partial charge in [0.05, 0.1) is 0 Å². The van der Waals surface area contributed by atoms with Crippen molar-refractivity contribution >= 4 is 12.5 Å². The zero-order chi connectivity index (χ0) is 16.1. The largest absolute Gasteiger partial charge is 0.388 e. The minimum atomic E-state index is 1.25. The summed E-state index contributed by atoms with van der Waals surface area (Å²) in [6.07, 6.45) is 5.64. The monoisotopic (exact) mass is 292 g/mol. The first-order valence-electron chi connectivity index (χ1n) is 7.94. The highest BCUT2D eigenvalue weighted by atomic mass is 16.1. The van der Waals surface area contributed by atoms with Crippen molar-refractivity contribution in [3.63, 3.8) is 0 Å². The van der Waals surface area contributed by atoms with Gasteiger partial charge in [-0.3, -0.25) is 0 Å². The molecular weight excluding hydrogens is 260 g/mol. The van der Waals surface area contributed by atoms with E-state index in [0.717, 1.165) is 0 Å². The topological polar surface area (TPSA) is 32.3 Å². The van der Waals surface area contributed by atoms with Crippen LogP contribution in [0.25, 0.3) is 0 Å². The first-order valence-corrected chi connectivity index (χ1v) is 7.94. The third-order valence-electron chi connectivity index (χ3n) is 3.72. The van der Waals surface area contributed by atoms with Gasteiger partial charge in [0.15, 0.2) is 0 Å². The normalized spacial score (nSPS) is 14.3. The maximum absolute atomic E-state index is 8.00. The lowest BCUT2D eigenvalue weighted by Gasteiger charge is -2.25. The molecule has 3 nitrogen and oxygen atoms in total. The number of likely N-dealkylation sites (tertiary alicyclic amines) is 1. The van der Waals surface area contributed by atoms with E-state index in [9.17, 15) is 0 Å². The molecule has 0 saturated carbocycles. The maximum atomic E-state index is 8.00. The van der Waals surface area contributed by atoms with E-state index in [4.69, 9.17) is 4.79 Å². The Hall–Kier alpha value is -1.35. The number of hydrogen-bond donors (Lipinski definition) is 1. The van der Waals surface area contributed by atoms with E-state index in [0.29, 0.717) is 0 Å². The number of anilines is 1. The van der Waals surface area contributed by atoms with Gasteiger partial charge in [-0.05, 0) is 63.9 Å². The first-order chi connectivity index (χ1) is 10.2. The molecule has 2 rings (SSSR count). The molecule has 0 bridgehead atoms. The second-order valence-corrected chi connectivity index (χ2v) is 5.42. The van der Waals surface area contributed by atoms with Gasteiger partial charge < -0.3 is 15.0 Å². The van der Waals surface area contributed by atoms with Crippen molar-refractivity contribution in [1.29, 1.82) is 0 Å². The minimum Gasteiger partial charge on any atom is -0.388 e. The Kier molecular flexibility index (Phi) is 11.6. The molecular formula is C18H32N2O. The average Bonchev–Trinajstić information content (AvgIpc) is 2.52. The summed E-state index contributed by atoms with van der Waals surface area (Å²) >= 11 is 0. The van der Waals surface area contributed by atoms with Crippen molar-refractivity contribution in [3.8, 4) is 0 Å². The molecule has 0 atom stereocenters. The number of para-hydroxylation sites is 1. The fourth-order valence-electron chi connectivity index (χ4n) is 2.71. The summed E-state index contributed by atoms with van der Waals surface area (Å²) in [5.41, 5.74) is 3.87. The van der Waals surface area contributed by atoms with Crippen molar-refractivity contribution in [2.75, 3.05) is 32.0 Å². The zero-order valence-corrected chi connectivity index (χ0v) is 14.2. The van der Waals surface area contributed by atoms with Gasteiger partial charge in [-0.15, -0.1) is 0 Å². The molecule has 3 heteroatoms. The number of piperidine rings is 1. The number of rotatable bonds is 3. The molecule has 1 fully saturated rings. The van der Waals surface area contributed by atoms with Gasteiger partial charge in [-0.1, -0.05) is 31.5 Å². The highest BCUT2D eigenvalue weighted by molar-refractivity contribution is 5.55. The van der Waals surface area contributed by atoms with Gasteiger partial charge in [0.2, 0.25) is 0 Å². The molecule has 1 aliphatic heterocycles. The van der Waals surface area contributed by atoms with E-state index in [1.165, 1.54) is 62.1 Å². The first kappa shape index (κ1) is 19.7. The van der Waals surface area contributed by atoms with E-state index in [1.807, 2.05) is 13.8 Å². The summed E-state index contributed by atoms with van der Waals surface area (Å²) in [5.74, 6) is 0. The van der Waals surface area contributed by atoms with Crippen LogP contribution >= 0.6 is 0 Å². The summed E-state index contributed by atoms with van der Waals surface area (Å²) in [7, 11) is 1.95. The Bertz CT molecular complexity index is 350. The number of benzene rings is 1. The average molecular weight is 292 g/mol. The fourth-order valence-corrected chi connectivity index (χ4v) is 2.71. The molecule has 1 aromatic carbocycles. The van der Waals surface area contributed by atoms with Crippen molar-refractivity contribution in [2.45, 2.75) is 46.5 Å². The molecule has 21 heavy (non-hydrogen) atoms. The van der Waals surface area contributed by atoms with Crippen molar-refractivity contribution < 1.29 is 4.79 Å². The minimum absolute atomic E-state index is 1.25. The zero-order valence-electron chi connectivity index (χ0n) is 14.2. The summed E-state index contributed by atoms with van der Waals surface area (Å²) < 4.78 is 0. The van der Waals surface area contributed by atoms with Gasteiger partial charge in [0, 0.05) is 12.7 Å². The molecule has 1 N–H and O–H groups in total. The highest BCUT2D eigenvalue weighted by Gasteiger charge is 2.07. The lowest BCUT2D eigenvalue weighted by Crippen LogP contribution is -2.30. The van der Waals surface area contributed by atoms with E-state index in [2.05, 4.69) is 49.2 Å². The third kappa shape index (κ3) is 7.86. The van der Waals surface area contributed by atoms with Crippen LogP contribution in [0.3, 0.4) is 0 Å². The molecule has 1 aliphatic rings. The van der Waals surface area contributed by atoms with Crippen LogP contribution in [0.15, 0.2) is 18.2 Å². The van der Waals surface area contributed by atoms with Crippen LogP contribution in [0.1, 0.15) is 43.7 Å². The van der Waals surface area contributed by atoms with E-state index in [-0.39, 0.29) is 0 Å². The Morgan fingerprint density at radius 2 is 1.62 bits per heavy atom. The van der Waals surface area contributed by atoms with Crippen LogP contribution in [0.2, 0.25) is 0 Å². The smallest absolute Gasteiger partial charge is 0.106 e.